The zero-order chi connectivity index (χ0) is 14.5. The van der Waals surface area contributed by atoms with Gasteiger partial charge in [0.1, 0.15) is 0 Å². The van der Waals surface area contributed by atoms with E-state index in [0.29, 0.717) is 11.3 Å². The highest BCUT2D eigenvalue weighted by Gasteiger charge is 2.25. The third kappa shape index (κ3) is 3.38. The number of carbonyl (C=O) groups excluding carboxylic acids is 1. The van der Waals surface area contributed by atoms with Gasteiger partial charge in [-0.15, -0.1) is 0 Å². The molecule has 5 heteroatoms. The van der Waals surface area contributed by atoms with E-state index in [9.17, 15) is 9.90 Å². The summed E-state index contributed by atoms with van der Waals surface area (Å²) < 4.78 is 0. The standard InChI is InChI=1S/C14H23N3O2/c1-4-14(5-2,9-18)17-12-7-6-10(8-11(12)15)13(19)16-3/h6-8,17-18H,4-5,9,15H2,1-3H3,(H,16,19). The molecular formula is C14H23N3O2. The van der Waals surface area contributed by atoms with Gasteiger partial charge in [-0.3, -0.25) is 4.79 Å². The molecule has 0 aliphatic rings. The van der Waals surface area contributed by atoms with E-state index >= 15 is 0 Å². The van der Waals surface area contributed by atoms with Crippen molar-refractivity contribution < 1.29 is 9.90 Å². The minimum absolute atomic E-state index is 0.0383. The Kier molecular flexibility index (Phi) is 5.18. The van der Waals surface area contributed by atoms with Crippen LogP contribution in [-0.2, 0) is 0 Å². The molecule has 0 fully saturated rings. The zero-order valence-corrected chi connectivity index (χ0v) is 11.8. The fourth-order valence-electron chi connectivity index (χ4n) is 1.94. The number of nitrogens with two attached hydrogens (primary N) is 1. The number of benzene rings is 1. The highest BCUT2D eigenvalue weighted by Crippen LogP contribution is 2.27. The first-order valence-electron chi connectivity index (χ1n) is 6.52. The molecule has 1 aromatic carbocycles. The van der Waals surface area contributed by atoms with Crippen molar-refractivity contribution in [2.24, 2.45) is 0 Å². The van der Waals surface area contributed by atoms with Crippen molar-refractivity contribution in [1.82, 2.24) is 5.32 Å². The van der Waals surface area contributed by atoms with Gasteiger partial charge in [0.05, 0.1) is 23.5 Å². The third-order valence-corrected chi connectivity index (χ3v) is 3.60. The Bertz CT molecular complexity index is 434. The molecular weight excluding hydrogens is 242 g/mol. The van der Waals surface area contributed by atoms with Crippen LogP contribution < -0.4 is 16.4 Å². The molecule has 1 rings (SSSR count). The van der Waals surface area contributed by atoms with Crippen LogP contribution in [0.4, 0.5) is 11.4 Å². The van der Waals surface area contributed by atoms with Crippen LogP contribution in [0.3, 0.4) is 0 Å². The van der Waals surface area contributed by atoms with Gasteiger partial charge in [-0.05, 0) is 31.0 Å². The molecule has 1 amide bonds. The largest absolute Gasteiger partial charge is 0.397 e. The molecule has 106 valence electrons. The summed E-state index contributed by atoms with van der Waals surface area (Å²) in [6.45, 7) is 4.07. The number of amides is 1. The Morgan fingerprint density at radius 1 is 1.37 bits per heavy atom. The number of aliphatic hydroxyl groups excluding tert-OH is 1. The minimum atomic E-state index is -0.372. The van der Waals surface area contributed by atoms with E-state index in [0.717, 1.165) is 18.5 Å². The molecule has 0 aliphatic heterocycles. The lowest BCUT2D eigenvalue weighted by molar-refractivity contribution is 0.0963. The van der Waals surface area contributed by atoms with Gasteiger partial charge in [0.2, 0.25) is 0 Å². The number of carbonyl (C=O) groups is 1. The Morgan fingerprint density at radius 3 is 2.42 bits per heavy atom. The molecule has 0 bridgehead atoms. The number of nitrogens with one attached hydrogen (secondary N) is 2. The van der Waals surface area contributed by atoms with Gasteiger partial charge in [-0.25, -0.2) is 0 Å². The van der Waals surface area contributed by atoms with Gasteiger partial charge in [-0.2, -0.15) is 0 Å². The maximum absolute atomic E-state index is 11.5. The van der Waals surface area contributed by atoms with Crippen LogP contribution in [0, 0.1) is 0 Å². The second-order valence-corrected chi connectivity index (χ2v) is 4.65. The topological polar surface area (TPSA) is 87.4 Å². The summed E-state index contributed by atoms with van der Waals surface area (Å²) in [7, 11) is 1.58. The molecule has 0 radical (unpaired) electrons. The number of anilines is 2. The van der Waals surface area contributed by atoms with Gasteiger partial charge < -0.3 is 21.5 Å². The van der Waals surface area contributed by atoms with Crippen molar-refractivity contribution in [2.45, 2.75) is 32.2 Å². The van der Waals surface area contributed by atoms with Crippen LogP contribution in [0.25, 0.3) is 0 Å². The summed E-state index contributed by atoms with van der Waals surface area (Å²) in [5.41, 5.74) is 7.35. The normalized spacial score (nSPS) is 11.2. The smallest absolute Gasteiger partial charge is 0.251 e. The Morgan fingerprint density at radius 2 is 2.00 bits per heavy atom. The molecule has 19 heavy (non-hydrogen) atoms. The van der Waals surface area contributed by atoms with Gasteiger partial charge in [-0.1, -0.05) is 13.8 Å². The molecule has 0 unspecified atom stereocenters. The molecule has 0 spiro atoms. The quantitative estimate of drug-likeness (QED) is 0.588. The van der Waals surface area contributed by atoms with E-state index in [2.05, 4.69) is 10.6 Å². The van der Waals surface area contributed by atoms with Crippen LogP contribution in [0.1, 0.15) is 37.0 Å². The van der Waals surface area contributed by atoms with Gasteiger partial charge in [0.25, 0.3) is 5.91 Å². The van der Waals surface area contributed by atoms with Gasteiger partial charge in [0.15, 0.2) is 0 Å². The highest BCUT2D eigenvalue weighted by molar-refractivity contribution is 5.95. The summed E-state index contributed by atoms with van der Waals surface area (Å²) in [5, 5.41) is 15.4. The molecule has 0 aliphatic carbocycles. The summed E-state index contributed by atoms with van der Waals surface area (Å²) >= 11 is 0. The van der Waals surface area contributed by atoms with E-state index in [1.165, 1.54) is 0 Å². The number of hydrogen-bond donors (Lipinski definition) is 4. The third-order valence-electron chi connectivity index (χ3n) is 3.60. The van der Waals surface area contributed by atoms with Crippen LogP contribution >= 0.6 is 0 Å². The Labute approximate surface area is 114 Å². The molecule has 5 N–H and O–H groups in total. The van der Waals surface area contributed by atoms with Crippen LogP contribution in [0.2, 0.25) is 0 Å². The average molecular weight is 265 g/mol. The summed E-state index contributed by atoms with van der Waals surface area (Å²) in [5.74, 6) is -0.169. The lowest BCUT2D eigenvalue weighted by Crippen LogP contribution is -2.41. The lowest BCUT2D eigenvalue weighted by atomic mass is 9.93. The van der Waals surface area contributed by atoms with Crippen molar-refractivity contribution in [2.75, 3.05) is 24.7 Å². The number of nitrogen functional groups attached to an aromatic ring is 1. The molecule has 0 saturated carbocycles. The van der Waals surface area contributed by atoms with Crippen molar-refractivity contribution in [3.05, 3.63) is 23.8 Å². The Hall–Kier alpha value is -1.75. The minimum Gasteiger partial charge on any atom is -0.397 e. The van der Waals surface area contributed by atoms with Gasteiger partial charge >= 0.3 is 0 Å². The number of hydrogen-bond acceptors (Lipinski definition) is 4. The first-order chi connectivity index (χ1) is 9.01. The predicted molar refractivity (Wildman–Crippen MR) is 78.3 cm³/mol. The summed E-state index contributed by atoms with van der Waals surface area (Å²) in [6.07, 6.45) is 1.58. The van der Waals surface area contributed by atoms with Crippen molar-refractivity contribution in [3.8, 4) is 0 Å². The molecule has 0 atom stereocenters. The van der Waals surface area contributed by atoms with E-state index in [1.54, 1.807) is 25.2 Å². The van der Waals surface area contributed by atoms with Crippen molar-refractivity contribution in [1.29, 1.82) is 0 Å². The number of rotatable bonds is 6. The molecule has 1 aromatic rings. The average Bonchev–Trinajstić information content (AvgIpc) is 2.45. The first-order valence-corrected chi connectivity index (χ1v) is 6.52. The van der Waals surface area contributed by atoms with E-state index in [4.69, 9.17) is 5.73 Å². The van der Waals surface area contributed by atoms with E-state index in [-0.39, 0.29) is 18.1 Å². The fraction of sp³-hybridized carbons (Fsp3) is 0.500. The SMILES string of the molecule is CCC(CC)(CO)Nc1ccc(C(=O)NC)cc1N. The van der Waals surface area contributed by atoms with Crippen LogP contribution in [0.15, 0.2) is 18.2 Å². The summed E-state index contributed by atoms with van der Waals surface area (Å²) in [6, 6.07) is 5.12. The monoisotopic (exact) mass is 265 g/mol. The molecule has 0 saturated heterocycles. The maximum Gasteiger partial charge on any atom is 0.251 e. The van der Waals surface area contributed by atoms with Crippen LogP contribution in [-0.4, -0.2) is 30.2 Å². The first kappa shape index (κ1) is 15.3. The maximum atomic E-state index is 11.5. The van der Waals surface area contributed by atoms with Crippen molar-refractivity contribution in [3.63, 3.8) is 0 Å². The van der Waals surface area contributed by atoms with Crippen LogP contribution in [0.5, 0.6) is 0 Å². The fourth-order valence-corrected chi connectivity index (χ4v) is 1.94. The van der Waals surface area contributed by atoms with Crippen molar-refractivity contribution >= 4 is 17.3 Å². The van der Waals surface area contributed by atoms with E-state index in [1.807, 2.05) is 13.8 Å². The second-order valence-electron chi connectivity index (χ2n) is 4.65. The number of aliphatic hydroxyl groups is 1. The lowest BCUT2D eigenvalue weighted by Gasteiger charge is -2.32. The molecule has 5 nitrogen and oxygen atoms in total. The highest BCUT2D eigenvalue weighted by atomic mass is 16.3. The van der Waals surface area contributed by atoms with E-state index < -0.39 is 0 Å². The second kappa shape index (κ2) is 6.43. The summed E-state index contributed by atoms with van der Waals surface area (Å²) in [4.78, 5) is 11.5. The molecule has 0 heterocycles. The Balaban J connectivity index is 3.00. The predicted octanol–water partition coefficient (Wildman–Crippen LogP) is 1.59. The zero-order valence-electron chi connectivity index (χ0n) is 11.8. The van der Waals surface area contributed by atoms with Gasteiger partial charge in [0, 0.05) is 12.6 Å². The molecule has 0 aromatic heterocycles.